The van der Waals surface area contributed by atoms with Crippen LogP contribution in [0.15, 0.2) is 35.5 Å². The van der Waals surface area contributed by atoms with Gasteiger partial charge < -0.3 is 14.6 Å². The van der Waals surface area contributed by atoms with Crippen LogP contribution in [0.4, 0.5) is 5.69 Å². The van der Waals surface area contributed by atoms with Crippen LogP contribution in [0.25, 0.3) is 0 Å². The number of amides is 1. The van der Waals surface area contributed by atoms with E-state index in [4.69, 9.17) is 4.74 Å². The van der Waals surface area contributed by atoms with Crippen LogP contribution in [0.1, 0.15) is 18.3 Å². The summed E-state index contributed by atoms with van der Waals surface area (Å²) in [5, 5.41) is 2.58. The van der Waals surface area contributed by atoms with Crippen LogP contribution in [0.5, 0.6) is 0 Å². The molecule has 0 saturated heterocycles. The van der Waals surface area contributed by atoms with Gasteiger partial charge in [0.1, 0.15) is 6.04 Å². The number of sulfonamides is 1. The molecule has 2 aromatic rings. The normalized spacial score (nSPS) is 17.2. The fraction of sp³-hybridized carbons (Fsp3) is 0.353. The first kappa shape index (κ1) is 19.1. The summed E-state index contributed by atoms with van der Waals surface area (Å²) in [5.41, 5.74) is 1.90. The zero-order valence-corrected chi connectivity index (χ0v) is 16.0. The Morgan fingerprint density at radius 2 is 1.93 bits per heavy atom. The van der Waals surface area contributed by atoms with Gasteiger partial charge in [-0.1, -0.05) is 0 Å². The highest BCUT2D eigenvalue weighted by atomic mass is 32.2. The van der Waals surface area contributed by atoms with Crippen LogP contribution < -0.4 is 5.32 Å². The van der Waals surface area contributed by atoms with E-state index in [1.165, 1.54) is 38.3 Å². The largest absolute Gasteiger partial charge is 0.468 e. The van der Waals surface area contributed by atoms with Crippen molar-refractivity contribution >= 4 is 27.6 Å². The number of benzene rings is 1. The Kier molecular flexibility index (Phi) is 5.03. The SMILES string of the molecule is COC(=O)C1Cc2ncn(C)c2CN1S(=O)(=O)c1ccc(NC(C)=O)cc1. The topological polar surface area (TPSA) is 111 Å². The zero-order valence-electron chi connectivity index (χ0n) is 15.2. The van der Waals surface area contributed by atoms with Crippen molar-refractivity contribution < 1.29 is 22.7 Å². The van der Waals surface area contributed by atoms with Crippen molar-refractivity contribution in [1.29, 1.82) is 0 Å². The number of aryl methyl sites for hydroxylation is 1. The van der Waals surface area contributed by atoms with Crippen molar-refractivity contribution in [2.45, 2.75) is 30.8 Å². The Hall–Kier alpha value is -2.72. The Labute approximate surface area is 157 Å². The van der Waals surface area contributed by atoms with Crippen LogP contribution in [-0.2, 0) is 44.4 Å². The van der Waals surface area contributed by atoms with Crippen LogP contribution in [0, 0.1) is 0 Å². The summed E-state index contributed by atoms with van der Waals surface area (Å²) in [6.07, 6.45) is 1.74. The standard InChI is InChI=1S/C17H20N4O5S/c1-11(22)19-12-4-6-13(7-5-12)27(24,25)21-9-16-14(18-10-20(16)2)8-15(21)17(23)26-3/h4-7,10,15H,8-9H2,1-3H3,(H,19,22). The lowest BCUT2D eigenvalue weighted by Gasteiger charge is -2.32. The molecule has 10 heteroatoms. The van der Waals surface area contributed by atoms with Gasteiger partial charge in [-0.05, 0) is 24.3 Å². The molecule has 1 aliphatic rings. The number of carbonyl (C=O) groups excluding carboxylic acids is 2. The summed E-state index contributed by atoms with van der Waals surface area (Å²) in [6, 6.07) is 4.81. The number of aromatic nitrogens is 2. The summed E-state index contributed by atoms with van der Waals surface area (Å²) in [6.45, 7) is 1.38. The van der Waals surface area contributed by atoms with Gasteiger partial charge in [0.05, 0.1) is 36.3 Å². The molecule has 0 fully saturated rings. The van der Waals surface area contributed by atoms with Gasteiger partial charge in [-0.15, -0.1) is 0 Å². The van der Waals surface area contributed by atoms with E-state index in [9.17, 15) is 18.0 Å². The molecule has 2 heterocycles. The fourth-order valence-corrected chi connectivity index (χ4v) is 4.60. The van der Waals surface area contributed by atoms with Crippen molar-refractivity contribution in [1.82, 2.24) is 13.9 Å². The van der Waals surface area contributed by atoms with Gasteiger partial charge in [0, 0.05) is 26.1 Å². The van der Waals surface area contributed by atoms with Crippen molar-refractivity contribution in [3.05, 3.63) is 42.0 Å². The van der Waals surface area contributed by atoms with Gasteiger partial charge >= 0.3 is 5.97 Å². The maximum absolute atomic E-state index is 13.2. The molecule has 0 spiro atoms. The maximum atomic E-state index is 13.2. The molecule has 9 nitrogen and oxygen atoms in total. The highest BCUT2D eigenvalue weighted by Crippen LogP contribution is 2.29. The van der Waals surface area contributed by atoms with Crippen LogP contribution in [0.3, 0.4) is 0 Å². The van der Waals surface area contributed by atoms with E-state index in [1.54, 1.807) is 17.9 Å². The molecule has 1 amide bonds. The predicted molar refractivity (Wildman–Crippen MR) is 96.2 cm³/mol. The van der Waals surface area contributed by atoms with E-state index in [-0.39, 0.29) is 23.8 Å². The summed E-state index contributed by atoms with van der Waals surface area (Å²) in [7, 11) is -0.970. The van der Waals surface area contributed by atoms with Crippen molar-refractivity contribution in [2.75, 3.05) is 12.4 Å². The summed E-state index contributed by atoms with van der Waals surface area (Å²) >= 11 is 0. The minimum atomic E-state index is -3.97. The molecule has 0 bridgehead atoms. The van der Waals surface area contributed by atoms with Gasteiger partial charge in [0.15, 0.2) is 0 Å². The summed E-state index contributed by atoms with van der Waals surface area (Å²) < 4.78 is 34.1. The van der Waals surface area contributed by atoms with E-state index < -0.39 is 22.0 Å². The van der Waals surface area contributed by atoms with E-state index in [0.29, 0.717) is 11.4 Å². The number of fused-ring (bicyclic) bond motifs is 1. The van der Waals surface area contributed by atoms with Gasteiger partial charge in [-0.25, -0.2) is 13.4 Å². The second kappa shape index (κ2) is 7.12. The van der Waals surface area contributed by atoms with E-state index in [0.717, 1.165) is 10.00 Å². The fourth-order valence-electron chi connectivity index (χ4n) is 3.06. The second-order valence-electron chi connectivity index (χ2n) is 6.25. The quantitative estimate of drug-likeness (QED) is 0.766. The molecule has 1 aromatic heterocycles. The Balaban J connectivity index is 1.98. The number of imidazole rings is 1. The first-order valence-electron chi connectivity index (χ1n) is 8.20. The lowest BCUT2D eigenvalue weighted by Crippen LogP contribution is -2.49. The third-order valence-electron chi connectivity index (χ3n) is 4.44. The maximum Gasteiger partial charge on any atom is 0.324 e. The minimum Gasteiger partial charge on any atom is -0.468 e. The molecule has 0 saturated carbocycles. The number of carbonyl (C=O) groups is 2. The highest BCUT2D eigenvalue weighted by Gasteiger charge is 2.41. The molecular formula is C17H20N4O5S. The molecule has 1 unspecified atom stereocenters. The Morgan fingerprint density at radius 3 is 2.52 bits per heavy atom. The third kappa shape index (κ3) is 3.58. The first-order chi connectivity index (χ1) is 12.7. The highest BCUT2D eigenvalue weighted by molar-refractivity contribution is 7.89. The summed E-state index contributed by atoms with van der Waals surface area (Å²) in [4.78, 5) is 27.6. The number of ether oxygens (including phenoxy) is 1. The number of methoxy groups -OCH3 is 1. The minimum absolute atomic E-state index is 0.0153. The zero-order chi connectivity index (χ0) is 19.8. The molecule has 27 heavy (non-hydrogen) atoms. The number of nitrogens with one attached hydrogen (secondary N) is 1. The van der Waals surface area contributed by atoms with Gasteiger partial charge in [-0.2, -0.15) is 4.31 Å². The third-order valence-corrected chi connectivity index (χ3v) is 6.31. The number of hydrogen-bond donors (Lipinski definition) is 1. The molecule has 3 rings (SSSR count). The van der Waals surface area contributed by atoms with Gasteiger partial charge in [-0.3, -0.25) is 9.59 Å². The Bertz CT molecular complexity index is 981. The molecule has 1 N–H and O–H groups in total. The average Bonchev–Trinajstić information content (AvgIpc) is 3.00. The lowest BCUT2D eigenvalue weighted by atomic mass is 10.1. The molecule has 1 aliphatic heterocycles. The molecule has 144 valence electrons. The number of hydrogen-bond acceptors (Lipinski definition) is 6. The first-order valence-corrected chi connectivity index (χ1v) is 9.64. The summed E-state index contributed by atoms with van der Waals surface area (Å²) in [5.74, 6) is -0.888. The van der Waals surface area contributed by atoms with Gasteiger partial charge in [0.2, 0.25) is 15.9 Å². The number of nitrogens with zero attached hydrogens (tertiary/aromatic N) is 3. The second-order valence-corrected chi connectivity index (χ2v) is 8.14. The van der Waals surface area contributed by atoms with Crippen molar-refractivity contribution in [3.63, 3.8) is 0 Å². The van der Waals surface area contributed by atoms with Crippen molar-refractivity contribution in [3.8, 4) is 0 Å². The van der Waals surface area contributed by atoms with Crippen LogP contribution >= 0.6 is 0 Å². The molecular weight excluding hydrogens is 372 g/mol. The van der Waals surface area contributed by atoms with E-state index >= 15 is 0 Å². The van der Waals surface area contributed by atoms with Crippen LogP contribution in [0.2, 0.25) is 0 Å². The monoisotopic (exact) mass is 392 g/mol. The predicted octanol–water partition coefficient (Wildman–Crippen LogP) is 0.667. The number of rotatable bonds is 4. The van der Waals surface area contributed by atoms with E-state index in [1.807, 2.05) is 0 Å². The van der Waals surface area contributed by atoms with Crippen LogP contribution in [-0.4, -0.2) is 47.3 Å². The van der Waals surface area contributed by atoms with Crippen molar-refractivity contribution in [2.24, 2.45) is 7.05 Å². The number of anilines is 1. The lowest BCUT2D eigenvalue weighted by molar-refractivity contribution is -0.145. The van der Waals surface area contributed by atoms with Gasteiger partial charge in [0.25, 0.3) is 0 Å². The average molecular weight is 392 g/mol. The molecule has 1 aromatic carbocycles. The molecule has 0 aliphatic carbocycles. The molecule has 0 radical (unpaired) electrons. The van der Waals surface area contributed by atoms with E-state index in [2.05, 4.69) is 10.3 Å². The number of esters is 1. The Morgan fingerprint density at radius 1 is 1.26 bits per heavy atom. The molecule has 1 atom stereocenters. The smallest absolute Gasteiger partial charge is 0.324 e.